The molecule has 1 aliphatic rings. The first-order valence-corrected chi connectivity index (χ1v) is 11.4. The number of benzene rings is 1. The number of rotatable bonds is 9. The van der Waals surface area contributed by atoms with Crippen molar-refractivity contribution in [3.63, 3.8) is 0 Å². The van der Waals surface area contributed by atoms with Crippen LogP contribution in [0.15, 0.2) is 23.3 Å². The SMILES string of the molecule is COc1c(C=O)c(C)c(Cl)c(OC(C)=O)c1C/C=C(\C)CC/C=C(\C)[C@@H]1CC(=O)C(C)(C)O1. The van der Waals surface area contributed by atoms with Crippen molar-refractivity contribution in [1.82, 2.24) is 0 Å². The average molecular weight is 477 g/mol. The number of methoxy groups -OCH3 is 1. The highest BCUT2D eigenvalue weighted by Crippen LogP contribution is 2.42. The van der Waals surface area contributed by atoms with Gasteiger partial charge in [-0.15, -0.1) is 0 Å². The van der Waals surface area contributed by atoms with Gasteiger partial charge in [-0.05, 0) is 65.0 Å². The third-order valence-electron chi connectivity index (χ3n) is 5.94. The maximum atomic E-state index is 12.0. The second-order valence-electron chi connectivity index (χ2n) is 8.89. The molecular formula is C26H33ClO6. The lowest BCUT2D eigenvalue weighted by molar-refractivity contribution is -0.132. The number of ketones is 1. The van der Waals surface area contributed by atoms with Gasteiger partial charge in [0.05, 0.1) is 23.8 Å². The summed E-state index contributed by atoms with van der Waals surface area (Å²) in [6.45, 7) is 10.6. The van der Waals surface area contributed by atoms with Crippen LogP contribution >= 0.6 is 11.6 Å². The van der Waals surface area contributed by atoms with Crippen molar-refractivity contribution in [2.24, 2.45) is 0 Å². The molecule has 6 nitrogen and oxygen atoms in total. The average Bonchev–Trinajstić information content (AvgIpc) is 3.02. The number of hydrogen-bond acceptors (Lipinski definition) is 6. The molecule has 1 aromatic carbocycles. The molecule has 1 aromatic rings. The largest absolute Gasteiger partial charge is 0.496 e. The van der Waals surface area contributed by atoms with E-state index < -0.39 is 11.6 Å². The second-order valence-corrected chi connectivity index (χ2v) is 9.27. The topological polar surface area (TPSA) is 78.9 Å². The zero-order chi connectivity index (χ0) is 24.9. The monoisotopic (exact) mass is 476 g/mol. The second kappa shape index (κ2) is 11.1. The predicted molar refractivity (Wildman–Crippen MR) is 128 cm³/mol. The van der Waals surface area contributed by atoms with E-state index in [4.69, 9.17) is 25.8 Å². The standard InChI is InChI=1S/C26H33ClO6/c1-15(9-8-10-16(2)21-13-22(30)26(5,6)33-21)11-12-19-24(31-7)20(14-28)17(3)23(27)25(19)32-18(4)29/h10-11,14,21H,8-9,12-13H2,1-7H3/b15-11+,16-10+/t21-/m0/s1. The Kier molecular flexibility index (Phi) is 9.04. The van der Waals surface area contributed by atoms with Gasteiger partial charge in [0.25, 0.3) is 0 Å². The van der Waals surface area contributed by atoms with E-state index in [1.165, 1.54) is 14.0 Å². The van der Waals surface area contributed by atoms with Gasteiger partial charge in [0.1, 0.15) is 11.4 Å². The van der Waals surface area contributed by atoms with Crippen LogP contribution in [-0.2, 0) is 20.7 Å². The highest BCUT2D eigenvalue weighted by atomic mass is 35.5. The molecule has 0 aliphatic carbocycles. The van der Waals surface area contributed by atoms with E-state index >= 15 is 0 Å². The van der Waals surface area contributed by atoms with E-state index in [9.17, 15) is 14.4 Å². The van der Waals surface area contributed by atoms with Gasteiger partial charge in [-0.25, -0.2) is 0 Å². The molecule has 0 spiro atoms. The molecule has 180 valence electrons. The number of carbonyl (C=O) groups is 3. The maximum absolute atomic E-state index is 12.0. The summed E-state index contributed by atoms with van der Waals surface area (Å²) >= 11 is 6.43. The van der Waals surface area contributed by atoms with Gasteiger partial charge in [-0.3, -0.25) is 14.4 Å². The molecular weight excluding hydrogens is 444 g/mol. The molecule has 2 rings (SSSR count). The molecule has 1 fully saturated rings. The lowest BCUT2D eigenvalue weighted by Crippen LogP contribution is -2.27. The highest BCUT2D eigenvalue weighted by Gasteiger charge is 2.40. The van der Waals surface area contributed by atoms with E-state index in [0.717, 1.165) is 24.0 Å². The molecule has 1 atom stereocenters. The van der Waals surface area contributed by atoms with Crippen molar-refractivity contribution < 1.29 is 28.6 Å². The van der Waals surface area contributed by atoms with E-state index in [1.807, 2.05) is 19.9 Å². The molecule has 0 saturated carbocycles. The summed E-state index contributed by atoms with van der Waals surface area (Å²) in [7, 11) is 1.47. The van der Waals surface area contributed by atoms with E-state index in [0.29, 0.717) is 41.6 Å². The summed E-state index contributed by atoms with van der Waals surface area (Å²) in [4.78, 5) is 35.3. The molecule has 0 aromatic heterocycles. The van der Waals surface area contributed by atoms with Crippen LogP contribution in [0.5, 0.6) is 11.5 Å². The summed E-state index contributed by atoms with van der Waals surface area (Å²) in [6, 6.07) is 0. The minimum atomic E-state index is -0.718. The fraction of sp³-hybridized carbons (Fsp3) is 0.500. The first kappa shape index (κ1) is 26.8. The summed E-state index contributed by atoms with van der Waals surface area (Å²) in [5.41, 5.74) is 2.85. The summed E-state index contributed by atoms with van der Waals surface area (Å²) < 4.78 is 16.7. The van der Waals surface area contributed by atoms with Crippen molar-refractivity contribution >= 4 is 29.6 Å². The zero-order valence-electron chi connectivity index (χ0n) is 20.5. The van der Waals surface area contributed by atoms with Crippen molar-refractivity contribution in [3.05, 3.63) is 45.0 Å². The summed E-state index contributed by atoms with van der Waals surface area (Å²) in [6.07, 6.45) is 7.04. The van der Waals surface area contributed by atoms with Crippen molar-refractivity contribution in [1.29, 1.82) is 0 Å². The Bertz CT molecular complexity index is 1000. The fourth-order valence-electron chi connectivity index (χ4n) is 3.84. The summed E-state index contributed by atoms with van der Waals surface area (Å²) in [5.74, 6) is 0.194. The van der Waals surface area contributed by atoms with Crippen molar-refractivity contribution in [3.8, 4) is 11.5 Å². The van der Waals surface area contributed by atoms with Crippen LogP contribution in [0.25, 0.3) is 0 Å². The van der Waals surface area contributed by atoms with E-state index in [-0.39, 0.29) is 22.7 Å². The number of halogens is 1. The Morgan fingerprint density at radius 1 is 1.21 bits per heavy atom. The van der Waals surface area contributed by atoms with Gasteiger partial charge in [0, 0.05) is 18.9 Å². The zero-order valence-corrected chi connectivity index (χ0v) is 21.2. The summed E-state index contributed by atoms with van der Waals surface area (Å²) in [5, 5.41) is 0.224. The highest BCUT2D eigenvalue weighted by molar-refractivity contribution is 6.33. The Labute approximate surface area is 200 Å². The molecule has 1 heterocycles. The van der Waals surface area contributed by atoms with Gasteiger partial charge in [-0.2, -0.15) is 0 Å². The van der Waals surface area contributed by atoms with Gasteiger partial charge in [-0.1, -0.05) is 29.3 Å². The van der Waals surface area contributed by atoms with Gasteiger partial charge >= 0.3 is 5.97 Å². The molecule has 0 N–H and O–H groups in total. The lowest BCUT2D eigenvalue weighted by Gasteiger charge is -2.18. The van der Waals surface area contributed by atoms with Crippen molar-refractivity contribution in [2.75, 3.05) is 7.11 Å². The predicted octanol–water partition coefficient (Wildman–Crippen LogP) is 5.75. The third kappa shape index (κ3) is 6.33. The molecule has 0 unspecified atom stereocenters. The molecule has 7 heteroatoms. The van der Waals surface area contributed by atoms with Gasteiger partial charge < -0.3 is 14.2 Å². The smallest absolute Gasteiger partial charge is 0.308 e. The number of esters is 1. The molecule has 0 radical (unpaired) electrons. The van der Waals surface area contributed by atoms with Gasteiger partial charge in [0.15, 0.2) is 17.8 Å². The Hall–Kier alpha value is -2.44. The van der Waals surface area contributed by atoms with Crippen LogP contribution in [0.4, 0.5) is 0 Å². The molecule has 0 amide bonds. The Morgan fingerprint density at radius 3 is 2.39 bits per heavy atom. The van der Waals surface area contributed by atoms with Gasteiger partial charge in [0.2, 0.25) is 0 Å². The van der Waals surface area contributed by atoms with Crippen LogP contribution in [-0.4, -0.2) is 36.9 Å². The van der Waals surface area contributed by atoms with Crippen LogP contribution in [0, 0.1) is 6.92 Å². The van der Waals surface area contributed by atoms with Crippen LogP contribution in [0.3, 0.4) is 0 Å². The quantitative estimate of drug-likeness (QED) is 0.195. The molecule has 1 aliphatic heterocycles. The number of carbonyl (C=O) groups excluding carboxylic acids is 3. The minimum absolute atomic E-state index is 0.125. The number of ether oxygens (including phenoxy) is 3. The van der Waals surface area contributed by atoms with Crippen LogP contribution in [0.1, 0.15) is 75.4 Å². The lowest BCUT2D eigenvalue weighted by atomic mass is 9.98. The number of allylic oxidation sites excluding steroid dienone is 3. The molecule has 0 bridgehead atoms. The van der Waals surface area contributed by atoms with Crippen LogP contribution in [0.2, 0.25) is 5.02 Å². The number of hydrogen-bond donors (Lipinski definition) is 0. The molecule has 33 heavy (non-hydrogen) atoms. The Balaban J connectivity index is 2.19. The number of aldehydes is 1. The first-order chi connectivity index (χ1) is 15.4. The van der Waals surface area contributed by atoms with Crippen LogP contribution < -0.4 is 9.47 Å². The fourth-order valence-corrected chi connectivity index (χ4v) is 4.09. The third-order valence-corrected chi connectivity index (χ3v) is 6.39. The van der Waals surface area contributed by atoms with Crippen molar-refractivity contribution in [2.45, 2.75) is 78.9 Å². The van der Waals surface area contributed by atoms with E-state index in [1.54, 1.807) is 20.8 Å². The Morgan fingerprint density at radius 2 is 1.88 bits per heavy atom. The number of Topliss-reactive ketones (excluding diaryl/α,β-unsaturated/α-hetero) is 1. The minimum Gasteiger partial charge on any atom is -0.496 e. The maximum Gasteiger partial charge on any atom is 0.308 e. The molecule has 1 saturated heterocycles. The first-order valence-electron chi connectivity index (χ1n) is 11.0. The normalized spacial score (nSPS) is 18.4. The van der Waals surface area contributed by atoms with E-state index in [2.05, 4.69) is 6.08 Å².